The van der Waals surface area contributed by atoms with Crippen LogP contribution in [0.25, 0.3) is 10.9 Å². The number of ether oxygens (including phenoxy) is 1. The van der Waals surface area contributed by atoms with Gasteiger partial charge in [-0.05, 0) is 75.2 Å². The molecule has 0 saturated carbocycles. The minimum atomic E-state index is -3.77. The molecule has 0 aliphatic carbocycles. The quantitative estimate of drug-likeness (QED) is 0.502. The van der Waals surface area contributed by atoms with Crippen molar-refractivity contribution in [3.63, 3.8) is 0 Å². The lowest BCUT2D eigenvalue weighted by Gasteiger charge is -2.26. The Kier molecular flexibility index (Phi) is 7.58. The number of carbonyl (C=O) groups is 1. The third-order valence-electron chi connectivity index (χ3n) is 6.30. The van der Waals surface area contributed by atoms with Crippen LogP contribution in [0.4, 0.5) is 0 Å². The van der Waals surface area contributed by atoms with E-state index in [0.29, 0.717) is 25.1 Å². The molecule has 0 radical (unpaired) electrons. The van der Waals surface area contributed by atoms with Crippen molar-refractivity contribution >= 4 is 26.8 Å². The Labute approximate surface area is 201 Å². The van der Waals surface area contributed by atoms with Crippen LogP contribution in [-0.2, 0) is 21.2 Å². The fraction of sp³-hybridized carbons (Fsp3) is 0.423. The average Bonchev–Trinajstić information content (AvgIpc) is 3.19. The molecule has 3 aromatic rings. The third-order valence-corrected chi connectivity index (χ3v) is 7.98. The van der Waals surface area contributed by atoms with E-state index < -0.39 is 10.0 Å². The third kappa shape index (κ3) is 5.62. The minimum Gasteiger partial charge on any atom is -0.492 e. The highest BCUT2D eigenvalue weighted by atomic mass is 32.2. The van der Waals surface area contributed by atoms with Crippen LogP contribution in [-0.4, -0.2) is 56.0 Å². The van der Waals surface area contributed by atoms with E-state index in [1.807, 2.05) is 19.1 Å². The number of piperidine rings is 1. The van der Waals surface area contributed by atoms with Gasteiger partial charge in [-0.25, -0.2) is 12.4 Å². The van der Waals surface area contributed by atoms with E-state index in [9.17, 15) is 13.2 Å². The molecule has 2 aromatic carbocycles. The standard InChI is InChI=1S/C26H33N3O4S/c1-20-6-9-24(10-7-20)34(31,32)29-19-22(12-13-27-21(2)30)25-18-23(8-11-26(25)29)33-17-16-28-14-4-3-5-15-28/h6-11,18-19H,3-5,12-17H2,1-2H3,(H,27,30). The van der Waals surface area contributed by atoms with Gasteiger partial charge in [-0.2, -0.15) is 0 Å². The molecule has 1 fully saturated rings. The second kappa shape index (κ2) is 10.6. The summed E-state index contributed by atoms with van der Waals surface area (Å²) < 4.78 is 34.3. The molecule has 1 aliphatic heterocycles. The smallest absolute Gasteiger partial charge is 0.268 e. The molecule has 0 atom stereocenters. The number of nitrogens with zero attached hydrogens (tertiary/aromatic N) is 2. The topological polar surface area (TPSA) is 80.6 Å². The predicted octanol–water partition coefficient (Wildman–Crippen LogP) is 3.73. The first-order valence-electron chi connectivity index (χ1n) is 11.9. The maximum atomic E-state index is 13.4. The first-order valence-corrected chi connectivity index (χ1v) is 13.3. The number of carbonyl (C=O) groups excluding carboxylic acids is 1. The number of aryl methyl sites for hydroxylation is 1. The maximum Gasteiger partial charge on any atom is 0.268 e. The molecule has 1 amide bonds. The van der Waals surface area contributed by atoms with Crippen LogP contribution in [0.2, 0.25) is 0 Å². The number of hydrogen-bond acceptors (Lipinski definition) is 5. The summed E-state index contributed by atoms with van der Waals surface area (Å²) in [5.41, 5.74) is 2.45. The highest BCUT2D eigenvalue weighted by molar-refractivity contribution is 7.90. The van der Waals surface area contributed by atoms with Gasteiger partial charge >= 0.3 is 0 Å². The van der Waals surface area contributed by atoms with Gasteiger partial charge in [0.1, 0.15) is 12.4 Å². The first-order chi connectivity index (χ1) is 16.3. The summed E-state index contributed by atoms with van der Waals surface area (Å²) in [6.07, 6.45) is 5.97. The van der Waals surface area contributed by atoms with Gasteiger partial charge < -0.3 is 10.1 Å². The minimum absolute atomic E-state index is 0.113. The molecule has 182 valence electrons. The molecule has 0 unspecified atom stereocenters. The Hall–Kier alpha value is -2.84. The van der Waals surface area contributed by atoms with E-state index in [2.05, 4.69) is 10.2 Å². The van der Waals surface area contributed by atoms with Crippen LogP contribution in [0.15, 0.2) is 53.6 Å². The zero-order valence-electron chi connectivity index (χ0n) is 19.9. The summed E-state index contributed by atoms with van der Waals surface area (Å²) in [7, 11) is -3.77. The van der Waals surface area contributed by atoms with Gasteiger partial charge in [0.05, 0.1) is 10.4 Å². The Morgan fingerprint density at radius 2 is 1.79 bits per heavy atom. The highest BCUT2D eigenvalue weighted by Crippen LogP contribution is 2.30. The largest absolute Gasteiger partial charge is 0.492 e. The Balaban J connectivity index is 1.62. The fourth-order valence-corrected chi connectivity index (χ4v) is 5.80. The van der Waals surface area contributed by atoms with Crippen molar-refractivity contribution in [2.24, 2.45) is 0 Å². The Morgan fingerprint density at radius 1 is 1.06 bits per heavy atom. The summed E-state index contributed by atoms with van der Waals surface area (Å²) in [6.45, 7) is 7.54. The zero-order chi connectivity index (χ0) is 24.1. The number of hydrogen-bond donors (Lipinski definition) is 1. The summed E-state index contributed by atoms with van der Waals surface area (Å²) in [6, 6.07) is 12.4. The van der Waals surface area contributed by atoms with Crippen LogP contribution >= 0.6 is 0 Å². The van der Waals surface area contributed by atoms with Gasteiger partial charge in [0.15, 0.2) is 0 Å². The SMILES string of the molecule is CC(=O)NCCc1cn(S(=O)(=O)c2ccc(C)cc2)c2ccc(OCCN3CCCCC3)cc12. The van der Waals surface area contributed by atoms with Crippen LogP contribution < -0.4 is 10.1 Å². The van der Waals surface area contributed by atoms with E-state index in [1.54, 1.807) is 36.5 Å². The lowest BCUT2D eigenvalue weighted by atomic mass is 10.1. The predicted molar refractivity (Wildman–Crippen MR) is 134 cm³/mol. The van der Waals surface area contributed by atoms with Crippen molar-refractivity contribution in [2.45, 2.75) is 44.4 Å². The maximum absolute atomic E-state index is 13.4. The van der Waals surface area contributed by atoms with E-state index in [-0.39, 0.29) is 10.8 Å². The molecule has 8 heteroatoms. The van der Waals surface area contributed by atoms with Crippen LogP contribution in [0.3, 0.4) is 0 Å². The Morgan fingerprint density at radius 3 is 2.50 bits per heavy atom. The Bertz CT molecular complexity index is 1240. The monoisotopic (exact) mass is 483 g/mol. The fourth-order valence-electron chi connectivity index (χ4n) is 4.41. The van der Waals surface area contributed by atoms with Crippen LogP contribution in [0, 0.1) is 6.92 Å². The molecule has 1 N–H and O–H groups in total. The van der Waals surface area contributed by atoms with E-state index in [1.165, 1.54) is 30.2 Å². The lowest BCUT2D eigenvalue weighted by molar-refractivity contribution is -0.118. The van der Waals surface area contributed by atoms with Gasteiger partial charge in [0.25, 0.3) is 10.0 Å². The molecular weight excluding hydrogens is 450 g/mol. The van der Waals surface area contributed by atoms with Crippen molar-refractivity contribution in [3.05, 3.63) is 59.8 Å². The molecule has 2 heterocycles. The summed E-state index contributed by atoms with van der Waals surface area (Å²) in [5, 5.41) is 3.61. The molecule has 34 heavy (non-hydrogen) atoms. The second-order valence-corrected chi connectivity index (χ2v) is 10.7. The second-order valence-electron chi connectivity index (χ2n) is 8.93. The molecular formula is C26H33N3O4S. The number of likely N-dealkylation sites (tertiary alicyclic amines) is 1. The number of fused-ring (bicyclic) bond motifs is 1. The van der Waals surface area contributed by atoms with E-state index >= 15 is 0 Å². The van der Waals surface area contributed by atoms with Gasteiger partial charge in [-0.15, -0.1) is 0 Å². The lowest BCUT2D eigenvalue weighted by Crippen LogP contribution is -2.33. The van der Waals surface area contributed by atoms with Crippen LogP contribution in [0.1, 0.15) is 37.3 Å². The molecule has 1 saturated heterocycles. The number of amides is 1. The normalized spacial score (nSPS) is 14.9. The van der Waals surface area contributed by atoms with Crippen molar-refractivity contribution in [1.29, 1.82) is 0 Å². The number of benzene rings is 2. The van der Waals surface area contributed by atoms with Crippen molar-refractivity contribution in [2.75, 3.05) is 32.8 Å². The first kappa shape index (κ1) is 24.3. The number of rotatable bonds is 9. The van der Waals surface area contributed by atoms with Gasteiger partial charge in [0.2, 0.25) is 5.91 Å². The summed E-state index contributed by atoms with van der Waals surface area (Å²) in [4.78, 5) is 14.0. The molecule has 0 spiro atoms. The van der Waals surface area contributed by atoms with Crippen molar-refractivity contribution in [1.82, 2.24) is 14.2 Å². The highest BCUT2D eigenvalue weighted by Gasteiger charge is 2.22. The zero-order valence-corrected chi connectivity index (χ0v) is 20.7. The molecule has 7 nitrogen and oxygen atoms in total. The molecule has 1 aromatic heterocycles. The molecule has 0 bridgehead atoms. The summed E-state index contributed by atoms with van der Waals surface area (Å²) in [5.74, 6) is 0.605. The van der Waals surface area contributed by atoms with Gasteiger partial charge in [-0.3, -0.25) is 9.69 Å². The van der Waals surface area contributed by atoms with Gasteiger partial charge in [-0.1, -0.05) is 24.1 Å². The average molecular weight is 484 g/mol. The van der Waals surface area contributed by atoms with Crippen molar-refractivity contribution in [3.8, 4) is 5.75 Å². The number of nitrogens with one attached hydrogen (secondary N) is 1. The molecule has 4 rings (SSSR count). The molecule has 1 aliphatic rings. The van der Waals surface area contributed by atoms with Crippen LogP contribution in [0.5, 0.6) is 5.75 Å². The van der Waals surface area contributed by atoms with E-state index in [4.69, 9.17) is 4.74 Å². The number of aromatic nitrogens is 1. The van der Waals surface area contributed by atoms with E-state index in [0.717, 1.165) is 41.9 Å². The summed E-state index contributed by atoms with van der Waals surface area (Å²) >= 11 is 0. The van der Waals surface area contributed by atoms with Crippen molar-refractivity contribution < 1.29 is 17.9 Å². The van der Waals surface area contributed by atoms with Gasteiger partial charge in [0, 0.05) is 31.6 Å².